The van der Waals surface area contributed by atoms with Crippen LogP contribution in [0.25, 0.3) is 0 Å². The molecule has 0 aromatic carbocycles. The average molecular weight is 256 g/mol. The largest absolute Gasteiger partial charge is 0.336 e. The molecule has 0 spiro atoms. The van der Waals surface area contributed by atoms with Gasteiger partial charge in [0.2, 0.25) is 0 Å². The van der Waals surface area contributed by atoms with Gasteiger partial charge >= 0.3 is 0 Å². The Morgan fingerprint density at radius 3 is 3.21 bits per heavy atom. The molecule has 0 radical (unpaired) electrons. The Kier molecular flexibility index (Phi) is 3.89. The lowest BCUT2D eigenvalue weighted by Crippen LogP contribution is -2.26. The van der Waals surface area contributed by atoms with Crippen LogP contribution in [0, 0.1) is 0 Å². The van der Waals surface area contributed by atoms with E-state index in [9.17, 15) is 0 Å². The van der Waals surface area contributed by atoms with Gasteiger partial charge in [-0.2, -0.15) is 0 Å². The molecular weight excluding hydrogens is 236 g/mol. The SMILES string of the molecule is c1cnc2c(c1)CCCCC2NCCn1ccnc1. The van der Waals surface area contributed by atoms with Crippen molar-refractivity contribution in [2.75, 3.05) is 6.54 Å². The van der Waals surface area contributed by atoms with Crippen molar-refractivity contribution in [3.63, 3.8) is 0 Å². The number of pyridine rings is 1. The van der Waals surface area contributed by atoms with Gasteiger partial charge < -0.3 is 9.88 Å². The first kappa shape index (κ1) is 12.4. The van der Waals surface area contributed by atoms with Gasteiger partial charge in [0, 0.05) is 37.7 Å². The maximum absolute atomic E-state index is 4.59. The molecule has 0 saturated carbocycles. The average Bonchev–Trinajstić information content (AvgIpc) is 2.87. The molecule has 2 heterocycles. The molecule has 0 bridgehead atoms. The van der Waals surface area contributed by atoms with E-state index in [0.29, 0.717) is 6.04 Å². The molecule has 100 valence electrons. The summed E-state index contributed by atoms with van der Waals surface area (Å²) in [5.74, 6) is 0. The Balaban J connectivity index is 1.63. The predicted octanol–water partition coefficient (Wildman–Crippen LogP) is 2.34. The second-order valence-corrected chi connectivity index (χ2v) is 5.10. The Morgan fingerprint density at radius 1 is 1.32 bits per heavy atom. The number of rotatable bonds is 4. The van der Waals surface area contributed by atoms with Crippen LogP contribution in [-0.4, -0.2) is 21.1 Å². The van der Waals surface area contributed by atoms with Gasteiger partial charge in [-0.15, -0.1) is 0 Å². The summed E-state index contributed by atoms with van der Waals surface area (Å²) >= 11 is 0. The molecule has 2 aromatic rings. The van der Waals surface area contributed by atoms with Gasteiger partial charge in [0.1, 0.15) is 0 Å². The molecule has 4 nitrogen and oxygen atoms in total. The molecule has 1 atom stereocenters. The molecule has 2 aromatic heterocycles. The van der Waals surface area contributed by atoms with E-state index in [1.807, 2.05) is 31.0 Å². The van der Waals surface area contributed by atoms with E-state index in [1.165, 1.54) is 36.9 Å². The zero-order valence-corrected chi connectivity index (χ0v) is 11.1. The first-order valence-corrected chi connectivity index (χ1v) is 7.06. The number of aryl methyl sites for hydroxylation is 1. The van der Waals surface area contributed by atoms with Crippen LogP contribution in [0.5, 0.6) is 0 Å². The highest BCUT2D eigenvalue weighted by Gasteiger charge is 2.18. The summed E-state index contributed by atoms with van der Waals surface area (Å²) in [4.78, 5) is 8.66. The fraction of sp³-hybridized carbons (Fsp3) is 0.467. The molecule has 0 aliphatic heterocycles. The van der Waals surface area contributed by atoms with E-state index in [1.54, 1.807) is 0 Å². The maximum atomic E-state index is 4.59. The van der Waals surface area contributed by atoms with Crippen molar-refractivity contribution in [3.05, 3.63) is 48.3 Å². The summed E-state index contributed by atoms with van der Waals surface area (Å²) in [6.45, 7) is 1.91. The lowest BCUT2D eigenvalue weighted by molar-refractivity contribution is 0.463. The maximum Gasteiger partial charge on any atom is 0.0946 e. The first-order chi connectivity index (χ1) is 9.43. The number of imidazole rings is 1. The molecule has 19 heavy (non-hydrogen) atoms. The third-order valence-electron chi connectivity index (χ3n) is 3.77. The number of nitrogens with one attached hydrogen (secondary N) is 1. The normalized spacial score (nSPS) is 18.8. The number of hydrogen-bond acceptors (Lipinski definition) is 3. The van der Waals surface area contributed by atoms with E-state index in [0.717, 1.165) is 13.1 Å². The summed E-state index contributed by atoms with van der Waals surface area (Å²) < 4.78 is 2.10. The summed E-state index contributed by atoms with van der Waals surface area (Å²) in [6, 6.07) is 4.67. The van der Waals surface area contributed by atoms with Crippen LogP contribution in [0.1, 0.15) is 36.6 Å². The topological polar surface area (TPSA) is 42.7 Å². The fourth-order valence-corrected chi connectivity index (χ4v) is 2.76. The van der Waals surface area contributed by atoms with E-state index >= 15 is 0 Å². The lowest BCUT2D eigenvalue weighted by atomic mass is 10.1. The molecule has 3 rings (SSSR count). The van der Waals surface area contributed by atoms with Crippen LogP contribution in [-0.2, 0) is 13.0 Å². The second kappa shape index (κ2) is 5.97. The van der Waals surface area contributed by atoms with Crippen molar-refractivity contribution in [1.82, 2.24) is 19.9 Å². The van der Waals surface area contributed by atoms with Gasteiger partial charge in [-0.1, -0.05) is 12.5 Å². The fourth-order valence-electron chi connectivity index (χ4n) is 2.76. The highest BCUT2D eigenvalue weighted by Crippen LogP contribution is 2.26. The number of nitrogens with zero attached hydrogens (tertiary/aromatic N) is 3. The molecule has 1 unspecified atom stereocenters. The second-order valence-electron chi connectivity index (χ2n) is 5.10. The van der Waals surface area contributed by atoms with Gasteiger partial charge in [-0.05, 0) is 30.9 Å². The Hall–Kier alpha value is -1.68. The van der Waals surface area contributed by atoms with Crippen LogP contribution < -0.4 is 5.32 Å². The molecule has 0 saturated heterocycles. The third-order valence-corrected chi connectivity index (χ3v) is 3.77. The first-order valence-electron chi connectivity index (χ1n) is 7.06. The van der Waals surface area contributed by atoms with E-state index in [-0.39, 0.29) is 0 Å². The van der Waals surface area contributed by atoms with Gasteiger partial charge in [0.25, 0.3) is 0 Å². The van der Waals surface area contributed by atoms with Crippen LogP contribution >= 0.6 is 0 Å². The minimum absolute atomic E-state index is 0.405. The molecule has 4 heteroatoms. The Morgan fingerprint density at radius 2 is 2.32 bits per heavy atom. The molecule has 1 N–H and O–H groups in total. The lowest BCUT2D eigenvalue weighted by Gasteiger charge is -2.18. The quantitative estimate of drug-likeness (QED) is 0.854. The molecule has 0 fully saturated rings. The predicted molar refractivity (Wildman–Crippen MR) is 74.8 cm³/mol. The summed E-state index contributed by atoms with van der Waals surface area (Å²) in [6.07, 6.45) is 12.5. The van der Waals surface area contributed by atoms with E-state index < -0.39 is 0 Å². The standard InChI is InChI=1S/C15H20N4/c1-2-6-14(15-13(4-1)5-3-7-18-15)17-9-11-19-10-8-16-12-19/h3,5,7-8,10,12,14,17H,1-2,4,6,9,11H2. The van der Waals surface area contributed by atoms with Gasteiger partial charge in [-0.25, -0.2) is 4.98 Å². The highest BCUT2D eigenvalue weighted by molar-refractivity contribution is 5.24. The summed E-state index contributed by atoms with van der Waals surface area (Å²) in [7, 11) is 0. The summed E-state index contributed by atoms with van der Waals surface area (Å²) in [5, 5.41) is 3.64. The Bertz CT molecular complexity index is 507. The molecule has 1 aliphatic rings. The number of hydrogen-bond donors (Lipinski definition) is 1. The zero-order chi connectivity index (χ0) is 12.9. The van der Waals surface area contributed by atoms with Crippen molar-refractivity contribution < 1.29 is 0 Å². The van der Waals surface area contributed by atoms with Crippen molar-refractivity contribution >= 4 is 0 Å². The van der Waals surface area contributed by atoms with Crippen molar-refractivity contribution in [1.29, 1.82) is 0 Å². The zero-order valence-electron chi connectivity index (χ0n) is 11.1. The third kappa shape index (κ3) is 3.01. The summed E-state index contributed by atoms with van der Waals surface area (Å²) in [5.41, 5.74) is 2.67. The van der Waals surface area contributed by atoms with Gasteiger partial charge in [0.15, 0.2) is 0 Å². The highest BCUT2D eigenvalue weighted by atomic mass is 15.1. The molecular formula is C15H20N4. The van der Waals surface area contributed by atoms with Gasteiger partial charge in [0.05, 0.1) is 12.0 Å². The van der Waals surface area contributed by atoms with Crippen molar-refractivity contribution in [3.8, 4) is 0 Å². The van der Waals surface area contributed by atoms with Crippen molar-refractivity contribution in [2.24, 2.45) is 0 Å². The molecule has 1 aliphatic carbocycles. The Labute approximate surface area is 113 Å². The van der Waals surface area contributed by atoms with Crippen LogP contribution in [0.2, 0.25) is 0 Å². The van der Waals surface area contributed by atoms with Crippen LogP contribution in [0.4, 0.5) is 0 Å². The van der Waals surface area contributed by atoms with Crippen LogP contribution in [0.15, 0.2) is 37.1 Å². The molecule has 0 amide bonds. The van der Waals surface area contributed by atoms with Crippen molar-refractivity contribution in [2.45, 2.75) is 38.3 Å². The monoisotopic (exact) mass is 256 g/mol. The minimum atomic E-state index is 0.405. The number of aromatic nitrogens is 3. The van der Waals surface area contributed by atoms with Gasteiger partial charge in [-0.3, -0.25) is 4.98 Å². The smallest absolute Gasteiger partial charge is 0.0946 e. The van der Waals surface area contributed by atoms with E-state index in [4.69, 9.17) is 0 Å². The minimum Gasteiger partial charge on any atom is -0.336 e. The number of fused-ring (bicyclic) bond motifs is 1. The van der Waals surface area contributed by atoms with Crippen LogP contribution in [0.3, 0.4) is 0 Å². The van der Waals surface area contributed by atoms with E-state index in [2.05, 4.69) is 25.9 Å².